The van der Waals surface area contributed by atoms with Gasteiger partial charge >= 0.3 is 15.6 Å². The number of hydrogen-bond acceptors (Lipinski definition) is 17. The number of hydrogen-bond donors (Lipinski definition) is 6. The molecule has 7 rings (SSSR count). The lowest BCUT2D eigenvalue weighted by Gasteiger charge is -2.27. The van der Waals surface area contributed by atoms with E-state index in [1.807, 2.05) is 0 Å². The smallest absolute Gasteiger partial charge is 0.382 e. The molecule has 24 heteroatoms. The van der Waals surface area contributed by atoms with E-state index in [0.29, 0.717) is 5.69 Å². The van der Waals surface area contributed by atoms with Crippen LogP contribution in [0.1, 0.15) is 30.7 Å². The highest BCUT2D eigenvalue weighted by atomic mass is 31.2. The van der Waals surface area contributed by atoms with Crippen LogP contribution in [0.25, 0.3) is 11.2 Å². The van der Waals surface area contributed by atoms with E-state index in [1.54, 1.807) is 0 Å². The molecule has 0 spiro atoms. The van der Waals surface area contributed by atoms with E-state index in [0.717, 1.165) is 6.33 Å². The highest BCUT2D eigenvalue weighted by Gasteiger charge is 2.53. The first-order valence-corrected chi connectivity index (χ1v) is 16.0. The average Bonchev–Trinajstić information content (AvgIpc) is 3.72. The van der Waals surface area contributed by atoms with Crippen LogP contribution in [0.5, 0.6) is 0 Å². The molecule has 4 unspecified atom stereocenters. The molecule has 2 bridgehead atoms. The molecular weight excluding hydrogens is 635 g/mol. The number of nitrogens with two attached hydrogens (primary N) is 3. The third-order valence-corrected chi connectivity index (χ3v) is 9.32. The van der Waals surface area contributed by atoms with Gasteiger partial charge in [0.05, 0.1) is 32.0 Å². The van der Waals surface area contributed by atoms with Crippen LogP contribution < -0.4 is 22.5 Å². The van der Waals surface area contributed by atoms with Gasteiger partial charge in [-0.15, -0.1) is 0 Å². The Balaban J connectivity index is 1.17. The van der Waals surface area contributed by atoms with Gasteiger partial charge in [0, 0.05) is 6.42 Å². The van der Waals surface area contributed by atoms with Gasteiger partial charge < -0.3 is 41.8 Å². The fourth-order valence-corrected chi connectivity index (χ4v) is 7.31. The summed E-state index contributed by atoms with van der Waals surface area (Å²) in [5.74, 6) is 0.309. The molecule has 9 N–H and O–H groups in total. The molecule has 3 fully saturated rings. The number of aromatic nitrogens is 6. The summed E-state index contributed by atoms with van der Waals surface area (Å²) >= 11 is 0. The number of nitrogen functional groups attached to an aromatic ring is 1. The zero-order chi connectivity index (χ0) is 31.0. The monoisotopic (exact) mass is 661 g/mol. The second-order valence-corrected chi connectivity index (χ2v) is 13.0. The summed E-state index contributed by atoms with van der Waals surface area (Å²) in [5, 5.41) is 2.81. The summed E-state index contributed by atoms with van der Waals surface area (Å²) in [5.41, 5.74) is 18.2. The molecule has 0 radical (unpaired) electrons. The first-order valence-electron chi connectivity index (χ1n) is 13.0. The Labute approximate surface area is 245 Å². The van der Waals surface area contributed by atoms with Crippen molar-refractivity contribution >= 4 is 44.4 Å². The van der Waals surface area contributed by atoms with Gasteiger partial charge in [-0.25, -0.2) is 38.4 Å². The zero-order valence-corrected chi connectivity index (χ0v) is 24.1. The van der Waals surface area contributed by atoms with Crippen molar-refractivity contribution in [3.63, 3.8) is 0 Å². The van der Waals surface area contributed by atoms with Gasteiger partial charge in [0.2, 0.25) is 0 Å². The second kappa shape index (κ2) is 10.7. The number of nitrogens with zero attached hydrogens (tertiary/aromatic N) is 7. The van der Waals surface area contributed by atoms with Crippen LogP contribution in [0, 0.1) is 0 Å². The molecule has 21 nitrogen and oxygen atoms in total. The quantitative estimate of drug-likeness (QED) is 0.189. The zero-order valence-electron chi connectivity index (χ0n) is 22.3. The maximum absolute atomic E-state index is 15.9. The maximum Gasteiger partial charge on any atom is 0.472 e. The molecule has 3 aromatic rings. The van der Waals surface area contributed by atoms with E-state index in [9.17, 15) is 18.9 Å². The standard InChI is InChI=1S/C20H26FN11O10P2/c21-10-13-9(40-19(10)31-5-27-11-14(22)25-4-26-16(11)31)3-38-43(33,34)41-8-1-7(2-37-44(35,36)42-13)39-18(8)32-6-28-12-15(23)29-20(24)30-17(12)32/h4-10,13,15,18-19H,1-3,23H2,(H,33,34)(H,35,36)(H2,22,25,26)(H3,24,29,30)/t7-,8-,9+,10-,13?,15?,18+,19+/m0/s1. The number of guanidine groups is 1. The van der Waals surface area contributed by atoms with Crippen molar-refractivity contribution in [2.24, 2.45) is 16.5 Å². The number of alkyl halides is 1. The number of phosphoric ester groups is 2. The SMILES string of the molecule is NC1=NC(N)c2ncn([C@@H]3O[C@@H]4COP(=O)(O)OC5[C@@H](COP(=O)(O)O[C@H]3C4)O[C@@H](n3cnc4c(N)ncnc43)[C@H]5F)c2N1. The van der Waals surface area contributed by atoms with E-state index in [2.05, 4.69) is 30.2 Å². The van der Waals surface area contributed by atoms with Crippen molar-refractivity contribution in [1.82, 2.24) is 29.1 Å². The number of nitrogens with one attached hydrogen (secondary N) is 1. The van der Waals surface area contributed by atoms with Gasteiger partial charge in [-0.3, -0.25) is 27.2 Å². The molecule has 3 aromatic heterocycles. The number of fused-ring (bicyclic) bond motifs is 5. The summed E-state index contributed by atoms with van der Waals surface area (Å²) in [6.45, 7) is -1.35. The van der Waals surface area contributed by atoms with E-state index >= 15 is 4.39 Å². The maximum atomic E-state index is 15.9. The van der Waals surface area contributed by atoms with Crippen molar-refractivity contribution < 1.29 is 50.9 Å². The van der Waals surface area contributed by atoms with E-state index in [4.69, 9.17) is 44.8 Å². The average molecular weight is 661 g/mol. The molecule has 0 aliphatic carbocycles. The number of anilines is 2. The number of halogens is 1. The lowest BCUT2D eigenvalue weighted by Crippen LogP contribution is -2.34. The molecule has 44 heavy (non-hydrogen) atoms. The van der Waals surface area contributed by atoms with E-state index in [-0.39, 0.29) is 35.2 Å². The predicted molar refractivity (Wildman–Crippen MR) is 143 cm³/mol. The molecule has 0 amide bonds. The largest absolute Gasteiger partial charge is 0.472 e. The topological polar surface area (TPSA) is 294 Å². The molecule has 0 aromatic carbocycles. The van der Waals surface area contributed by atoms with Crippen LogP contribution in [0.2, 0.25) is 0 Å². The van der Waals surface area contributed by atoms with Gasteiger partial charge in [-0.1, -0.05) is 0 Å². The van der Waals surface area contributed by atoms with Crippen LogP contribution in [-0.2, 0) is 36.7 Å². The number of imidazole rings is 2. The van der Waals surface area contributed by atoms with Crippen molar-refractivity contribution in [2.75, 3.05) is 24.3 Å². The molecule has 3 saturated heterocycles. The summed E-state index contributed by atoms with van der Waals surface area (Å²) < 4.78 is 77.4. The van der Waals surface area contributed by atoms with Crippen LogP contribution in [-0.4, -0.2) is 88.6 Å². The Kier molecular flexibility index (Phi) is 7.22. The van der Waals surface area contributed by atoms with Crippen LogP contribution in [0.4, 0.5) is 16.0 Å². The molecule has 238 valence electrons. The molecule has 0 saturated carbocycles. The number of aliphatic imine (C=N–C) groups is 1. The van der Waals surface area contributed by atoms with Crippen LogP contribution in [0.15, 0.2) is 24.0 Å². The Hall–Kier alpha value is -3.14. The Morgan fingerprint density at radius 3 is 2.52 bits per heavy atom. The normalized spacial score (nSPS) is 39.4. The minimum absolute atomic E-state index is 0.00559. The van der Waals surface area contributed by atoms with Gasteiger partial charge in [-0.2, -0.15) is 0 Å². The minimum atomic E-state index is -4.98. The fraction of sp³-hybridized carbons (Fsp3) is 0.550. The van der Waals surface area contributed by atoms with Gasteiger partial charge in [0.25, 0.3) is 0 Å². The highest BCUT2D eigenvalue weighted by Crippen LogP contribution is 2.54. The minimum Gasteiger partial charge on any atom is -0.382 e. The van der Waals surface area contributed by atoms with Crippen molar-refractivity contribution in [3.05, 3.63) is 24.7 Å². The van der Waals surface area contributed by atoms with Gasteiger partial charge in [-0.05, 0) is 0 Å². The van der Waals surface area contributed by atoms with Crippen LogP contribution >= 0.6 is 15.6 Å². The molecule has 4 aliphatic rings. The number of ether oxygens (including phenoxy) is 2. The van der Waals surface area contributed by atoms with Crippen molar-refractivity contribution in [1.29, 1.82) is 0 Å². The number of rotatable bonds is 2. The summed E-state index contributed by atoms with van der Waals surface area (Å²) in [7, 11) is -9.89. The molecular formula is C20H26FN11O10P2. The van der Waals surface area contributed by atoms with Gasteiger partial charge in [0.1, 0.15) is 47.8 Å². The number of phosphoric acid groups is 2. The molecule has 7 heterocycles. The van der Waals surface area contributed by atoms with Crippen LogP contribution in [0.3, 0.4) is 0 Å². The summed E-state index contributed by atoms with van der Waals surface area (Å²) in [6, 6.07) is 0. The third-order valence-electron chi connectivity index (χ3n) is 7.32. The third kappa shape index (κ3) is 5.26. The second-order valence-electron chi connectivity index (χ2n) is 10.2. The van der Waals surface area contributed by atoms with E-state index in [1.165, 1.54) is 21.8 Å². The van der Waals surface area contributed by atoms with Crippen molar-refractivity contribution in [3.8, 4) is 0 Å². The predicted octanol–water partition coefficient (Wildman–Crippen LogP) is -0.456. The first-order chi connectivity index (χ1) is 20.9. The Morgan fingerprint density at radius 1 is 0.955 bits per heavy atom. The Bertz CT molecular complexity index is 1720. The molecule has 10 atom stereocenters. The lowest BCUT2D eigenvalue weighted by atomic mass is 10.1. The lowest BCUT2D eigenvalue weighted by molar-refractivity contribution is -0.0672. The Morgan fingerprint density at radius 2 is 1.70 bits per heavy atom. The first kappa shape index (κ1) is 29.6. The highest BCUT2D eigenvalue weighted by molar-refractivity contribution is 7.47. The summed E-state index contributed by atoms with van der Waals surface area (Å²) in [4.78, 5) is 41.4. The fourth-order valence-electron chi connectivity index (χ4n) is 5.41. The molecule has 4 aliphatic heterocycles. The van der Waals surface area contributed by atoms with Gasteiger partial charge in [0.15, 0.2) is 36.1 Å². The van der Waals surface area contributed by atoms with E-state index < -0.39 is 78.1 Å². The summed E-state index contributed by atoms with van der Waals surface area (Å²) in [6.07, 6.45) is -7.58. The van der Waals surface area contributed by atoms with Crippen molar-refractivity contribution in [2.45, 2.75) is 55.6 Å².